The summed E-state index contributed by atoms with van der Waals surface area (Å²) in [6.07, 6.45) is 2.20. The average molecular weight is 287 g/mol. The molecule has 0 unspecified atom stereocenters. The van der Waals surface area contributed by atoms with E-state index in [1.807, 2.05) is 42.5 Å². The normalized spacial score (nSPS) is 13.3. The Kier molecular flexibility index (Phi) is 3.75. The summed E-state index contributed by atoms with van der Waals surface area (Å²) in [5.41, 5.74) is 3.04. The van der Waals surface area contributed by atoms with Gasteiger partial charge in [-0.05, 0) is 30.2 Å². The molecule has 0 aromatic heterocycles. The van der Waals surface area contributed by atoms with E-state index in [0.717, 1.165) is 40.3 Å². The van der Waals surface area contributed by atoms with Gasteiger partial charge in [-0.2, -0.15) is 0 Å². The first-order chi connectivity index (χ1) is 9.74. The number of carbonyl (C=O) groups excluding carboxylic acids is 1. The SMILES string of the molecule is O=C1CCc2c(OCCc3cccc(Cl)c3)cccc21. The van der Waals surface area contributed by atoms with Gasteiger partial charge in [0, 0.05) is 29.0 Å². The number of fused-ring (bicyclic) bond motifs is 1. The Hall–Kier alpha value is -1.80. The van der Waals surface area contributed by atoms with Crippen LogP contribution in [-0.4, -0.2) is 12.4 Å². The van der Waals surface area contributed by atoms with Gasteiger partial charge in [0.2, 0.25) is 0 Å². The number of hydrogen-bond donors (Lipinski definition) is 0. The van der Waals surface area contributed by atoms with E-state index in [9.17, 15) is 4.79 Å². The summed E-state index contributed by atoms with van der Waals surface area (Å²) in [5, 5.41) is 0.744. The second-order valence-corrected chi connectivity index (χ2v) is 5.37. The van der Waals surface area contributed by atoms with E-state index < -0.39 is 0 Å². The number of halogens is 1. The highest BCUT2D eigenvalue weighted by Crippen LogP contribution is 2.30. The van der Waals surface area contributed by atoms with Crippen LogP contribution in [0.4, 0.5) is 0 Å². The van der Waals surface area contributed by atoms with E-state index in [1.165, 1.54) is 0 Å². The van der Waals surface area contributed by atoms with Crippen molar-refractivity contribution in [2.75, 3.05) is 6.61 Å². The zero-order chi connectivity index (χ0) is 13.9. The summed E-state index contributed by atoms with van der Waals surface area (Å²) >= 11 is 5.96. The molecular weight excluding hydrogens is 272 g/mol. The largest absolute Gasteiger partial charge is 0.493 e. The first-order valence-corrected chi connectivity index (χ1v) is 7.14. The summed E-state index contributed by atoms with van der Waals surface area (Å²) in [6, 6.07) is 13.5. The molecule has 0 spiro atoms. The van der Waals surface area contributed by atoms with Gasteiger partial charge in [-0.25, -0.2) is 0 Å². The van der Waals surface area contributed by atoms with Crippen LogP contribution in [0.3, 0.4) is 0 Å². The Morgan fingerprint density at radius 3 is 2.80 bits per heavy atom. The van der Waals surface area contributed by atoms with E-state index in [2.05, 4.69) is 0 Å². The number of carbonyl (C=O) groups is 1. The minimum Gasteiger partial charge on any atom is -0.493 e. The Morgan fingerprint density at radius 1 is 1.10 bits per heavy atom. The fraction of sp³-hybridized carbons (Fsp3) is 0.235. The van der Waals surface area contributed by atoms with Crippen molar-refractivity contribution in [3.05, 3.63) is 64.2 Å². The lowest BCUT2D eigenvalue weighted by molar-refractivity contribution is 0.0994. The van der Waals surface area contributed by atoms with Crippen LogP contribution >= 0.6 is 11.6 Å². The maximum atomic E-state index is 11.7. The van der Waals surface area contributed by atoms with Crippen molar-refractivity contribution in [3.8, 4) is 5.75 Å². The molecule has 1 aliphatic carbocycles. The fourth-order valence-electron chi connectivity index (χ4n) is 2.56. The molecule has 1 aliphatic rings. The second kappa shape index (κ2) is 5.68. The molecule has 2 aromatic rings. The molecule has 2 aromatic carbocycles. The predicted octanol–water partition coefficient (Wildman–Crippen LogP) is 4.09. The van der Waals surface area contributed by atoms with Crippen molar-refractivity contribution >= 4 is 17.4 Å². The van der Waals surface area contributed by atoms with E-state index in [-0.39, 0.29) is 5.78 Å². The highest BCUT2D eigenvalue weighted by molar-refractivity contribution is 6.30. The van der Waals surface area contributed by atoms with Crippen molar-refractivity contribution in [3.63, 3.8) is 0 Å². The molecule has 0 amide bonds. The van der Waals surface area contributed by atoms with Gasteiger partial charge < -0.3 is 4.74 Å². The summed E-state index contributed by atoms with van der Waals surface area (Å²) < 4.78 is 5.85. The summed E-state index contributed by atoms with van der Waals surface area (Å²) in [5.74, 6) is 1.07. The van der Waals surface area contributed by atoms with Gasteiger partial charge in [-0.3, -0.25) is 4.79 Å². The van der Waals surface area contributed by atoms with Crippen LogP contribution in [-0.2, 0) is 12.8 Å². The van der Waals surface area contributed by atoms with Crippen molar-refractivity contribution in [1.82, 2.24) is 0 Å². The Morgan fingerprint density at radius 2 is 1.95 bits per heavy atom. The molecular formula is C17H15ClO2. The Labute approximate surface area is 123 Å². The molecule has 102 valence electrons. The molecule has 0 saturated carbocycles. The van der Waals surface area contributed by atoms with E-state index in [4.69, 9.17) is 16.3 Å². The maximum absolute atomic E-state index is 11.7. The van der Waals surface area contributed by atoms with E-state index in [1.54, 1.807) is 0 Å². The molecule has 0 radical (unpaired) electrons. The average Bonchev–Trinajstić information content (AvgIpc) is 2.82. The monoisotopic (exact) mass is 286 g/mol. The van der Waals surface area contributed by atoms with Crippen LogP contribution < -0.4 is 4.74 Å². The lowest BCUT2D eigenvalue weighted by Crippen LogP contribution is -2.03. The number of Topliss-reactive ketones (excluding diaryl/α,β-unsaturated/α-hetero) is 1. The van der Waals surface area contributed by atoms with Gasteiger partial charge in [0.05, 0.1) is 6.61 Å². The lowest BCUT2D eigenvalue weighted by Gasteiger charge is -2.10. The summed E-state index contributed by atoms with van der Waals surface area (Å²) in [6.45, 7) is 0.588. The highest BCUT2D eigenvalue weighted by Gasteiger charge is 2.22. The van der Waals surface area contributed by atoms with Crippen LogP contribution in [0.25, 0.3) is 0 Å². The highest BCUT2D eigenvalue weighted by atomic mass is 35.5. The van der Waals surface area contributed by atoms with E-state index in [0.29, 0.717) is 13.0 Å². The van der Waals surface area contributed by atoms with Gasteiger partial charge in [0.1, 0.15) is 5.75 Å². The molecule has 3 heteroatoms. The molecule has 0 N–H and O–H groups in total. The molecule has 0 fully saturated rings. The number of benzene rings is 2. The van der Waals surface area contributed by atoms with Gasteiger partial charge >= 0.3 is 0 Å². The Bertz CT molecular complexity index is 649. The minimum atomic E-state index is 0.222. The molecule has 0 bridgehead atoms. The topological polar surface area (TPSA) is 26.3 Å². The predicted molar refractivity (Wildman–Crippen MR) is 79.7 cm³/mol. The summed E-state index contributed by atoms with van der Waals surface area (Å²) in [7, 11) is 0. The van der Waals surface area contributed by atoms with Gasteiger partial charge in [0.15, 0.2) is 5.78 Å². The third kappa shape index (κ3) is 2.70. The molecule has 20 heavy (non-hydrogen) atoms. The first kappa shape index (κ1) is 13.2. The van der Waals surface area contributed by atoms with Crippen molar-refractivity contribution in [1.29, 1.82) is 0 Å². The smallest absolute Gasteiger partial charge is 0.163 e. The standard InChI is InChI=1S/C17H15ClO2/c18-13-4-1-3-12(11-13)9-10-20-17-6-2-5-14-15(17)7-8-16(14)19/h1-6,11H,7-10H2. The van der Waals surface area contributed by atoms with Gasteiger partial charge in [0.25, 0.3) is 0 Å². The number of ketones is 1. The minimum absolute atomic E-state index is 0.222. The molecule has 0 heterocycles. The van der Waals surface area contributed by atoms with Crippen LogP contribution in [0.2, 0.25) is 5.02 Å². The number of hydrogen-bond acceptors (Lipinski definition) is 2. The number of rotatable bonds is 4. The van der Waals surface area contributed by atoms with Crippen molar-refractivity contribution in [2.24, 2.45) is 0 Å². The zero-order valence-electron chi connectivity index (χ0n) is 11.1. The summed E-state index contributed by atoms with van der Waals surface area (Å²) in [4.78, 5) is 11.7. The fourth-order valence-corrected chi connectivity index (χ4v) is 2.78. The molecule has 0 aliphatic heterocycles. The molecule has 3 rings (SSSR count). The van der Waals surface area contributed by atoms with Gasteiger partial charge in [-0.15, -0.1) is 0 Å². The second-order valence-electron chi connectivity index (χ2n) is 4.93. The maximum Gasteiger partial charge on any atom is 0.163 e. The van der Waals surface area contributed by atoms with Crippen LogP contribution in [0, 0.1) is 0 Å². The molecule has 0 atom stereocenters. The first-order valence-electron chi connectivity index (χ1n) is 6.76. The zero-order valence-corrected chi connectivity index (χ0v) is 11.8. The van der Waals surface area contributed by atoms with E-state index >= 15 is 0 Å². The molecule has 2 nitrogen and oxygen atoms in total. The van der Waals surface area contributed by atoms with Crippen LogP contribution in [0.1, 0.15) is 27.9 Å². The van der Waals surface area contributed by atoms with Crippen LogP contribution in [0.15, 0.2) is 42.5 Å². The van der Waals surface area contributed by atoms with Crippen molar-refractivity contribution in [2.45, 2.75) is 19.3 Å². The molecule has 0 saturated heterocycles. The van der Waals surface area contributed by atoms with Gasteiger partial charge in [-0.1, -0.05) is 35.9 Å². The van der Waals surface area contributed by atoms with Crippen LogP contribution in [0.5, 0.6) is 5.75 Å². The quantitative estimate of drug-likeness (QED) is 0.846. The Balaban J connectivity index is 1.66. The third-order valence-corrected chi connectivity index (χ3v) is 3.81. The lowest BCUT2D eigenvalue weighted by atomic mass is 10.1. The van der Waals surface area contributed by atoms with Crippen molar-refractivity contribution < 1.29 is 9.53 Å². The number of ether oxygens (including phenoxy) is 1. The third-order valence-electron chi connectivity index (χ3n) is 3.57.